The van der Waals surface area contributed by atoms with E-state index in [1.807, 2.05) is 30.1 Å². The van der Waals surface area contributed by atoms with Crippen molar-refractivity contribution in [3.63, 3.8) is 0 Å². The van der Waals surface area contributed by atoms with Crippen molar-refractivity contribution in [1.82, 2.24) is 14.8 Å². The number of rotatable bonds is 4. The molecule has 5 nitrogen and oxygen atoms in total. The zero-order valence-electron chi connectivity index (χ0n) is 10.9. The molecule has 2 aromatic rings. The average molecular weight is 323 g/mol. The summed E-state index contributed by atoms with van der Waals surface area (Å²) in [5.41, 5.74) is 1.68. The lowest BCUT2D eigenvalue weighted by Gasteiger charge is -2.19. The fraction of sp³-hybridized carbons (Fsp3) is 0.308. The average Bonchev–Trinajstić information content (AvgIpc) is 2.43. The Morgan fingerprint density at radius 1 is 1.42 bits per heavy atom. The van der Waals surface area contributed by atoms with Gasteiger partial charge in [0, 0.05) is 39.0 Å². The van der Waals surface area contributed by atoms with Crippen molar-refractivity contribution in [2.45, 2.75) is 6.42 Å². The summed E-state index contributed by atoms with van der Waals surface area (Å²) in [6.45, 7) is 0.768. The van der Waals surface area contributed by atoms with E-state index in [1.165, 1.54) is 4.68 Å². The van der Waals surface area contributed by atoms with Gasteiger partial charge in [-0.1, -0.05) is 6.07 Å². The number of aryl methyl sites for hydroxylation is 1. The molecule has 0 aliphatic rings. The minimum absolute atomic E-state index is 0.137. The van der Waals surface area contributed by atoms with Gasteiger partial charge in [0.05, 0.1) is 11.9 Å². The predicted octanol–water partition coefficient (Wildman–Crippen LogP) is 1.62. The molecule has 0 aliphatic heterocycles. The molecule has 0 aliphatic carbocycles. The van der Waals surface area contributed by atoms with Gasteiger partial charge in [0.25, 0.3) is 5.56 Å². The fourth-order valence-electron chi connectivity index (χ4n) is 1.72. The van der Waals surface area contributed by atoms with E-state index < -0.39 is 0 Å². The molecule has 2 aromatic heterocycles. The summed E-state index contributed by atoms with van der Waals surface area (Å²) in [6.07, 6.45) is 4.29. The van der Waals surface area contributed by atoms with Crippen LogP contribution in [0.25, 0.3) is 0 Å². The Morgan fingerprint density at radius 3 is 2.89 bits per heavy atom. The molecular formula is C13H15BrN4O. The minimum Gasteiger partial charge on any atom is -0.372 e. The smallest absolute Gasteiger partial charge is 0.282 e. The Kier molecular flexibility index (Phi) is 4.31. The van der Waals surface area contributed by atoms with Gasteiger partial charge in [0.1, 0.15) is 4.47 Å². The molecule has 0 N–H and O–H groups in total. The lowest BCUT2D eigenvalue weighted by atomic mass is 10.2. The van der Waals surface area contributed by atoms with Gasteiger partial charge in [0.2, 0.25) is 0 Å². The number of nitrogens with zero attached hydrogens (tertiary/aromatic N) is 4. The molecule has 0 spiro atoms. The van der Waals surface area contributed by atoms with Crippen LogP contribution in [0.2, 0.25) is 0 Å². The van der Waals surface area contributed by atoms with Gasteiger partial charge in [-0.3, -0.25) is 9.78 Å². The SMILES string of the molecule is CN(CCc1ccccn1)c1cnn(C)c(=O)c1Br. The maximum Gasteiger partial charge on any atom is 0.282 e. The van der Waals surface area contributed by atoms with Crippen LogP contribution < -0.4 is 10.5 Å². The van der Waals surface area contributed by atoms with Crippen molar-refractivity contribution in [2.75, 3.05) is 18.5 Å². The van der Waals surface area contributed by atoms with Crippen LogP contribution in [0, 0.1) is 0 Å². The van der Waals surface area contributed by atoms with Crippen LogP contribution in [-0.2, 0) is 13.5 Å². The topological polar surface area (TPSA) is 51.0 Å². The number of hydrogen-bond acceptors (Lipinski definition) is 4. The first-order valence-corrected chi connectivity index (χ1v) is 6.71. The number of anilines is 1. The van der Waals surface area contributed by atoms with E-state index in [0.29, 0.717) is 4.47 Å². The standard InChI is InChI=1S/C13H15BrN4O/c1-17(8-6-10-5-3-4-7-15-10)11-9-16-18(2)13(19)12(11)14/h3-5,7,9H,6,8H2,1-2H3. The summed E-state index contributed by atoms with van der Waals surface area (Å²) in [7, 11) is 3.56. The second-order valence-electron chi connectivity index (χ2n) is 4.27. The molecule has 2 heterocycles. The van der Waals surface area contributed by atoms with Gasteiger partial charge in [-0.15, -0.1) is 0 Å². The van der Waals surface area contributed by atoms with Gasteiger partial charge >= 0.3 is 0 Å². The predicted molar refractivity (Wildman–Crippen MR) is 78.4 cm³/mol. The summed E-state index contributed by atoms with van der Waals surface area (Å²) in [5, 5.41) is 4.03. The molecule has 0 saturated carbocycles. The second kappa shape index (κ2) is 5.97. The highest BCUT2D eigenvalue weighted by Crippen LogP contribution is 2.20. The summed E-state index contributed by atoms with van der Waals surface area (Å²) < 4.78 is 1.84. The van der Waals surface area contributed by atoms with Crippen molar-refractivity contribution >= 4 is 21.6 Å². The maximum absolute atomic E-state index is 11.8. The van der Waals surface area contributed by atoms with Gasteiger partial charge < -0.3 is 4.90 Å². The van der Waals surface area contributed by atoms with E-state index in [-0.39, 0.29) is 5.56 Å². The van der Waals surface area contributed by atoms with Crippen LogP contribution in [-0.4, -0.2) is 28.4 Å². The van der Waals surface area contributed by atoms with Crippen LogP contribution in [0.3, 0.4) is 0 Å². The van der Waals surface area contributed by atoms with Gasteiger partial charge in [0.15, 0.2) is 0 Å². The zero-order valence-corrected chi connectivity index (χ0v) is 12.5. The van der Waals surface area contributed by atoms with Gasteiger partial charge in [-0.2, -0.15) is 5.10 Å². The molecule has 19 heavy (non-hydrogen) atoms. The molecule has 2 rings (SSSR count). The largest absolute Gasteiger partial charge is 0.372 e. The molecule has 0 bridgehead atoms. The normalized spacial score (nSPS) is 10.5. The van der Waals surface area contributed by atoms with Crippen molar-refractivity contribution in [1.29, 1.82) is 0 Å². The zero-order chi connectivity index (χ0) is 13.8. The van der Waals surface area contributed by atoms with Crippen LogP contribution in [0.4, 0.5) is 5.69 Å². The Balaban J connectivity index is 2.11. The third-order valence-corrected chi connectivity index (χ3v) is 3.65. The fourth-order valence-corrected chi connectivity index (χ4v) is 2.38. The number of aromatic nitrogens is 3. The maximum atomic E-state index is 11.8. The molecule has 0 saturated heterocycles. The highest BCUT2D eigenvalue weighted by atomic mass is 79.9. The third-order valence-electron chi connectivity index (χ3n) is 2.90. The molecule has 0 atom stereocenters. The molecule has 0 radical (unpaired) electrons. The molecule has 0 fully saturated rings. The van der Waals surface area contributed by atoms with E-state index in [1.54, 1.807) is 19.4 Å². The number of halogens is 1. The van der Waals surface area contributed by atoms with Crippen molar-refractivity contribution in [3.8, 4) is 0 Å². The van der Waals surface area contributed by atoms with Crippen LogP contribution in [0.5, 0.6) is 0 Å². The molecule has 6 heteroatoms. The quantitative estimate of drug-likeness (QED) is 0.858. The van der Waals surface area contributed by atoms with Crippen LogP contribution >= 0.6 is 15.9 Å². The highest BCUT2D eigenvalue weighted by molar-refractivity contribution is 9.10. The molecule has 100 valence electrons. The van der Waals surface area contributed by atoms with E-state index >= 15 is 0 Å². The van der Waals surface area contributed by atoms with Gasteiger partial charge in [-0.25, -0.2) is 4.68 Å². The second-order valence-corrected chi connectivity index (χ2v) is 5.06. The van der Waals surface area contributed by atoms with E-state index in [0.717, 1.165) is 24.3 Å². The lowest BCUT2D eigenvalue weighted by molar-refractivity contribution is 0.697. The van der Waals surface area contributed by atoms with Crippen LogP contribution in [0.15, 0.2) is 39.9 Å². The van der Waals surface area contributed by atoms with Crippen molar-refractivity contribution in [3.05, 3.63) is 51.1 Å². The first kappa shape index (κ1) is 13.7. The Morgan fingerprint density at radius 2 is 2.21 bits per heavy atom. The first-order chi connectivity index (χ1) is 9.09. The van der Waals surface area contributed by atoms with E-state index in [9.17, 15) is 4.79 Å². The van der Waals surface area contributed by atoms with Crippen molar-refractivity contribution < 1.29 is 0 Å². The monoisotopic (exact) mass is 322 g/mol. The highest BCUT2D eigenvalue weighted by Gasteiger charge is 2.11. The number of pyridine rings is 1. The minimum atomic E-state index is -0.137. The molecular weight excluding hydrogens is 308 g/mol. The molecule has 0 amide bonds. The van der Waals surface area contributed by atoms with E-state index in [2.05, 4.69) is 26.0 Å². The summed E-state index contributed by atoms with van der Waals surface area (Å²) >= 11 is 3.33. The van der Waals surface area contributed by atoms with Crippen molar-refractivity contribution in [2.24, 2.45) is 7.05 Å². The first-order valence-electron chi connectivity index (χ1n) is 5.92. The molecule has 0 aromatic carbocycles. The Bertz CT molecular complexity index is 612. The summed E-state index contributed by atoms with van der Waals surface area (Å²) in [5.74, 6) is 0. The summed E-state index contributed by atoms with van der Waals surface area (Å²) in [4.78, 5) is 18.1. The molecule has 0 unspecified atom stereocenters. The van der Waals surface area contributed by atoms with Gasteiger partial charge in [-0.05, 0) is 28.1 Å². The number of likely N-dealkylation sites (N-methyl/N-ethyl adjacent to an activating group) is 1. The number of hydrogen-bond donors (Lipinski definition) is 0. The summed E-state index contributed by atoms with van der Waals surface area (Å²) in [6, 6.07) is 5.86. The third kappa shape index (κ3) is 3.20. The van der Waals surface area contributed by atoms with E-state index in [4.69, 9.17) is 0 Å². The Hall–Kier alpha value is -1.69. The van der Waals surface area contributed by atoms with Crippen LogP contribution in [0.1, 0.15) is 5.69 Å². The lowest BCUT2D eigenvalue weighted by Crippen LogP contribution is -2.27. The Labute approximate surface area is 120 Å².